The molecular weight excluding hydrogens is 322 g/mol. The quantitative estimate of drug-likeness (QED) is 0.518. The van der Waals surface area contributed by atoms with Gasteiger partial charge in [-0.3, -0.25) is 8.98 Å². The van der Waals surface area contributed by atoms with Crippen LogP contribution in [0.3, 0.4) is 0 Å². The summed E-state index contributed by atoms with van der Waals surface area (Å²) in [7, 11) is -5.32. The molecule has 1 fully saturated rings. The highest BCUT2D eigenvalue weighted by Crippen LogP contribution is 2.37. The Labute approximate surface area is 135 Å². The number of carbonyl (C=O) groups excluding carboxylic acids is 1. The van der Waals surface area contributed by atoms with Crippen LogP contribution in [-0.4, -0.2) is 59.6 Å². The molecule has 130 valence electrons. The third kappa shape index (κ3) is 5.64. The molecule has 0 aliphatic carbocycles. The first-order valence-electron chi connectivity index (χ1n) is 7.61. The van der Waals surface area contributed by atoms with Crippen LogP contribution in [0.15, 0.2) is 0 Å². The first-order chi connectivity index (χ1) is 9.83. The molecular formula is C14H29NO5SSi. The van der Waals surface area contributed by atoms with Gasteiger partial charge in [0.1, 0.15) is 0 Å². The van der Waals surface area contributed by atoms with Crippen molar-refractivity contribution in [2.75, 3.05) is 26.0 Å². The van der Waals surface area contributed by atoms with Crippen molar-refractivity contribution in [1.29, 1.82) is 0 Å². The van der Waals surface area contributed by atoms with E-state index in [1.807, 2.05) is 0 Å². The summed E-state index contributed by atoms with van der Waals surface area (Å²) in [5.74, 6) is 0.0425. The number of hydrogen-bond donors (Lipinski definition) is 0. The third-order valence-corrected chi connectivity index (χ3v) is 9.62. The Morgan fingerprint density at radius 3 is 2.41 bits per heavy atom. The van der Waals surface area contributed by atoms with Gasteiger partial charge in [-0.25, -0.2) is 0 Å². The molecule has 0 aromatic rings. The number of carbonyl (C=O) groups is 1. The van der Waals surface area contributed by atoms with Crippen LogP contribution in [0, 0.1) is 0 Å². The monoisotopic (exact) mass is 351 g/mol. The van der Waals surface area contributed by atoms with Crippen molar-refractivity contribution >= 4 is 24.3 Å². The smallest absolute Gasteiger partial charge is 0.264 e. The lowest BCUT2D eigenvalue weighted by atomic mass is 10.2. The largest absolute Gasteiger partial charge is 0.415 e. The second-order valence-corrected chi connectivity index (χ2v) is 13.8. The first kappa shape index (κ1) is 19.6. The summed E-state index contributed by atoms with van der Waals surface area (Å²) in [5.41, 5.74) is 0. The standard InChI is InChI=1S/C14H29NO5SSi/c1-14(2,3)22(5,6)20-11-12-7-8-13(16)15(12)9-10-19-21(4,17)18/h12H,7-11H2,1-6H3. The van der Waals surface area contributed by atoms with Gasteiger partial charge in [0.05, 0.1) is 25.5 Å². The molecule has 0 spiro atoms. The average Bonchev–Trinajstić information content (AvgIpc) is 2.65. The molecule has 0 saturated carbocycles. The predicted molar refractivity (Wildman–Crippen MR) is 88.7 cm³/mol. The van der Waals surface area contributed by atoms with Crippen LogP contribution in [0.2, 0.25) is 18.1 Å². The fourth-order valence-corrected chi connectivity index (χ4v) is 3.50. The van der Waals surface area contributed by atoms with E-state index in [0.29, 0.717) is 13.0 Å². The minimum Gasteiger partial charge on any atom is -0.415 e. The molecule has 1 aliphatic heterocycles. The molecule has 22 heavy (non-hydrogen) atoms. The highest BCUT2D eigenvalue weighted by Gasteiger charge is 2.39. The van der Waals surface area contributed by atoms with E-state index in [-0.39, 0.29) is 30.1 Å². The molecule has 0 radical (unpaired) electrons. The normalized spacial score (nSPS) is 20.7. The fraction of sp³-hybridized carbons (Fsp3) is 0.929. The van der Waals surface area contributed by atoms with Crippen molar-refractivity contribution in [3.05, 3.63) is 0 Å². The Hall–Kier alpha value is -0.443. The molecule has 1 aliphatic rings. The SMILES string of the molecule is CC(C)(C)[Si](C)(C)OCC1CCC(=O)N1CCOS(C)(=O)=O. The van der Waals surface area contributed by atoms with Crippen LogP contribution >= 0.6 is 0 Å². The highest BCUT2D eigenvalue weighted by molar-refractivity contribution is 7.85. The van der Waals surface area contributed by atoms with Gasteiger partial charge < -0.3 is 9.33 Å². The van der Waals surface area contributed by atoms with Gasteiger partial charge in [0.25, 0.3) is 10.1 Å². The minimum atomic E-state index is -3.47. The van der Waals surface area contributed by atoms with E-state index in [0.717, 1.165) is 12.7 Å². The predicted octanol–water partition coefficient (Wildman–Crippen LogP) is 1.98. The van der Waals surface area contributed by atoms with Gasteiger partial charge in [-0.2, -0.15) is 8.42 Å². The lowest BCUT2D eigenvalue weighted by molar-refractivity contribution is -0.129. The first-order valence-corrected chi connectivity index (χ1v) is 12.3. The second kappa shape index (κ2) is 6.98. The fourth-order valence-electron chi connectivity index (χ4n) is 2.08. The highest BCUT2D eigenvalue weighted by atomic mass is 32.2. The summed E-state index contributed by atoms with van der Waals surface area (Å²) in [6, 6.07) is 0.0183. The summed E-state index contributed by atoms with van der Waals surface area (Å²) in [5, 5.41) is 0.125. The summed E-state index contributed by atoms with van der Waals surface area (Å²) >= 11 is 0. The van der Waals surface area contributed by atoms with Gasteiger partial charge in [-0.05, 0) is 24.6 Å². The Kier molecular flexibility index (Phi) is 6.22. The number of hydrogen-bond acceptors (Lipinski definition) is 5. The van der Waals surface area contributed by atoms with Crippen LogP contribution in [0.1, 0.15) is 33.6 Å². The Balaban J connectivity index is 2.56. The van der Waals surface area contributed by atoms with Crippen molar-refractivity contribution in [3.63, 3.8) is 0 Å². The van der Waals surface area contributed by atoms with Gasteiger partial charge in [0.15, 0.2) is 8.32 Å². The van der Waals surface area contributed by atoms with Gasteiger partial charge in [0, 0.05) is 13.0 Å². The average molecular weight is 352 g/mol. The maximum atomic E-state index is 11.9. The van der Waals surface area contributed by atoms with E-state index < -0.39 is 18.4 Å². The minimum absolute atomic E-state index is 0.00116. The van der Waals surface area contributed by atoms with Gasteiger partial charge in [0.2, 0.25) is 5.91 Å². The molecule has 1 rings (SSSR count). The van der Waals surface area contributed by atoms with Crippen LogP contribution in [0.4, 0.5) is 0 Å². The van der Waals surface area contributed by atoms with Gasteiger partial charge >= 0.3 is 0 Å². The molecule has 8 heteroatoms. The Morgan fingerprint density at radius 1 is 1.32 bits per heavy atom. The molecule has 0 N–H and O–H groups in total. The molecule has 1 unspecified atom stereocenters. The van der Waals surface area contributed by atoms with Crippen LogP contribution in [-0.2, 0) is 23.5 Å². The van der Waals surface area contributed by atoms with Crippen molar-refractivity contribution in [3.8, 4) is 0 Å². The maximum Gasteiger partial charge on any atom is 0.264 e. The number of nitrogens with zero attached hydrogens (tertiary/aromatic N) is 1. The number of likely N-dealkylation sites (tertiary alicyclic amines) is 1. The van der Waals surface area contributed by atoms with Gasteiger partial charge in [-0.1, -0.05) is 20.8 Å². The summed E-state index contributed by atoms with van der Waals surface area (Å²) < 4.78 is 32.9. The molecule has 1 amide bonds. The van der Waals surface area contributed by atoms with Crippen LogP contribution in [0.5, 0.6) is 0 Å². The van der Waals surface area contributed by atoms with Crippen molar-refractivity contribution in [1.82, 2.24) is 4.90 Å². The molecule has 6 nitrogen and oxygen atoms in total. The third-order valence-electron chi connectivity index (χ3n) is 4.52. The lowest BCUT2D eigenvalue weighted by Crippen LogP contribution is -2.46. The van der Waals surface area contributed by atoms with E-state index in [1.165, 1.54) is 0 Å². The maximum absolute atomic E-state index is 11.9. The van der Waals surface area contributed by atoms with E-state index in [2.05, 4.69) is 33.9 Å². The number of rotatable bonds is 7. The zero-order valence-electron chi connectivity index (χ0n) is 14.5. The molecule has 0 aromatic heterocycles. The second-order valence-electron chi connectivity index (χ2n) is 7.38. The topological polar surface area (TPSA) is 72.9 Å². The van der Waals surface area contributed by atoms with E-state index in [9.17, 15) is 13.2 Å². The van der Waals surface area contributed by atoms with Crippen LogP contribution < -0.4 is 0 Å². The zero-order chi connectivity index (χ0) is 17.2. The van der Waals surface area contributed by atoms with E-state index in [1.54, 1.807) is 4.90 Å². The summed E-state index contributed by atoms with van der Waals surface area (Å²) in [4.78, 5) is 13.6. The summed E-state index contributed by atoms with van der Waals surface area (Å²) in [6.45, 7) is 11.7. The molecule has 0 bridgehead atoms. The summed E-state index contributed by atoms with van der Waals surface area (Å²) in [6.07, 6.45) is 2.26. The van der Waals surface area contributed by atoms with E-state index >= 15 is 0 Å². The van der Waals surface area contributed by atoms with Crippen molar-refractivity contribution in [2.45, 2.75) is 57.8 Å². The molecule has 1 heterocycles. The number of amides is 1. The molecule has 1 saturated heterocycles. The zero-order valence-corrected chi connectivity index (χ0v) is 16.3. The lowest BCUT2D eigenvalue weighted by Gasteiger charge is -2.38. The van der Waals surface area contributed by atoms with Crippen molar-refractivity contribution in [2.24, 2.45) is 0 Å². The Bertz CT molecular complexity index is 498. The Morgan fingerprint density at radius 2 is 1.91 bits per heavy atom. The van der Waals surface area contributed by atoms with Crippen molar-refractivity contribution < 1.29 is 21.8 Å². The van der Waals surface area contributed by atoms with Crippen LogP contribution in [0.25, 0.3) is 0 Å². The molecule has 0 aromatic carbocycles. The molecule has 1 atom stereocenters. The van der Waals surface area contributed by atoms with E-state index in [4.69, 9.17) is 8.61 Å². The van der Waals surface area contributed by atoms with Gasteiger partial charge in [-0.15, -0.1) is 0 Å².